The van der Waals surface area contributed by atoms with E-state index in [0.717, 1.165) is 32.6 Å². The van der Waals surface area contributed by atoms with Crippen molar-refractivity contribution in [2.45, 2.75) is 33.2 Å². The van der Waals surface area contributed by atoms with Crippen LogP contribution in [0, 0.1) is 17.2 Å². The van der Waals surface area contributed by atoms with E-state index < -0.39 is 5.92 Å². The van der Waals surface area contributed by atoms with Gasteiger partial charge in [0.1, 0.15) is 5.92 Å². The number of nitriles is 1. The number of likely N-dealkylation sites (tertiary alicyclic amines) is 1. The summed E-state index contributed by atoms with van der Waals surface area (Å²) in [6.45, 7) is 9.59. The van der Waals surface area contributed by atoms with Crippen LogP contribution in [-0.4, -0.2) is 47.9 Å². The van der Waals surface area contributed by atoms with Crippen molar-refractivity contribution in [1.29, 1.82) is 5.26 Å². The minimum absolute atomic E-state index is 0.0165. The highest BCUT2D eigenvalue weighted by molar-refractivity contribution is 5.81. The monoisotopic (exact) mass is 223 g/mol. The lowest BCUT2D eigenvalue weighted by atomic mass is 10.2. The Bertz CT molecular complexity index is 280. The van der Waals surface area contributed by atoms with Crippen molar-refractivity contribution >= 4 is 5.91 Å². The standard InChI is InChI=1S/C12H21N3O/c1-4-14(5-2)11-6-7-15(9-11)12(16)10(3)8-13/h10-11H,4-7,9H2,1-3H3. The first kappa shape index (κ1) is 13.0. The minimum Gasteiger partial charge on any atom is -0.340 e. The maximum atomic E-state index is 11.8. The lowest BCUT2D eigenvalue weighted by Crippen LogP contribution is -2.39. The average molecular weight is 223 g/mol. The molecule has 1 heterocycles. The van der Waals surface area contributed by atoms with Gasteiger partial charge in [0, 0.05) is 19.1 Å². The lowest BCUT2D eigenvalue weighted by Gasteiger charge is -2.26. The SMILES string of the molecule is CCN(CC)C1CCN(C(=O)C(C)C#N)C1. The van der Waals surface area contributed by atoms with Gasteiger partial charge in [0.25, 0.3) is 0 Å². The Labute approximate surface area is 97.8 Å². The Hall–Kier alpha value is -1.08. The summed E-state index contributed by atoms with van der Waals surface area (Å²) in [6, 6.07) is 2.49. The van der Waals surface area contributed by atoms with Crippen LogP contribution in [0.5, 0.6) is 0 Å². The zero-order valence-corrected chi connectivity index (χ0v) is 10.4. The number of hydrogen-bond acceptors (Lipinski definition) is 3. The zero-order chi connectivity index (χ0) is 12.1. The Morgan fingerprint density at radius 2 is 2.19 bits per heavy atom. The van der Waals surface area contributed by atoms with Crippen molar-refractivity contribution in [2.75, 3.05) is 26.2 Å². The first-order valence-electron chi connectivity index (χ1n) is 6.06. The molecule has 4 nitrogen and oxygen atoms in total. The van der Waals surface area contributed by atoms with Crippen LogP contribution in [0.1, 0.15) is 27.2 Å². The predicted octanol–water partition coefficient (Wildman–Crippen LogP) is 1.09. The molecule has 2 unspecified atom stereocenters. The Morgan fingerprint density at radius 1 is 1.56 bits per heavy atom. The van der Waals surface area contributed by atoms with Gasteiger partial charge in [-0.1, -0.05) is 13.8 Å². The summed E-state index contributed by atoms with van der Waals surface area (Å²) in [7, 11) is 0. The molecule has 0 aromatic carbocycles. The van der Waals surface area contributed by atoms with Gasteiger partial charge in [0.15, 0.2) is 0 Å². The van der Waals surface area contributed by atoms with Crippen LogP contribution < -0.4 is 0 Å². The van der Waals surface area contributed by atoms with Gasteiger partial charge < -0.3 is 4.90 Å². The third-order valence-corrected chi connectivity index (χ3v) is 3.37. The number of carbonyl (C=O) groups is 1. The second-order valence-corrected chi connectivity index (χ2v) is 4.30. The average Bonchev–Trinajstić information content (AvgIpc) is 2.78. The van der Waals surface area contributed by atoms with Crippen molar-refractivity contribution in [1.82, 2.24) is 9.80 Å². The van der Waals surface area contributed by atoms with Crippen LogP contribution >= 0.6 is 0 Å². The van der Waals surface area contributed by atoms with E-state index in [9.17, 15) is 4.79 Å². The fourth-order valence-electron chi connectivity index (χ4n) is 2.31. The number of carbonyl (C=O) groups excluding carboxylic acids is 1. The summed E-state index contributed by atoms with van der Waals surface area (Å²) in [5.74, 6) is -0.521. The lowest BCUT2D eigenvalue weighted by molar-refractivity contribution is -0.132. The van der Waals surface area contributed by atoms with Crippen LogP contribution in [0.2, 0.25) is 0 Å². The number of hydrogen-bond donors (Lipinski definition) is 0. The minimum atomic E-state index is -0.504. The quantitative estimate of drug-likeness (QED) is 0.716. The molecule has 1 fully saturated rings. The molecule has 0 bridgehead atoms. The number of amides is 1. The number of rotatable bonds is 4. The molecule has 90 valence electrons. The molecule has 0 aliphatic carbocycles. The molecule has 0 aromatic rings. The summed E-state index contributed by atoms with van der Waals surface area (Å²) in [5.41, 5.74) is 0. The molecule has 0 N–H and O–H groups in total. The molecule has 0 radical (unpaired) electrons. The Balaban J connectivity index is 2.52. The van der Waals surface area contributed by atoms with E-state index in [1.807, 2.05) is 11.0 Å². The van der Waals surface area contributed by atoms with E-state index in [-0.39, 0.29) is 5.91 Å². The molecule has 1 amide bonds. The number of likely N-dealkylation sites (N-methyl/N-ethyl adjacent to an activating group) is 1. The van der Waals surface area contributed by atoms with Crippen molar-refractivity contribution < 1.29 is 4.79 Å². The van der Waals surface area contributed by atoms with Gasteiger partial charge in [-0.05, 0) is 26.4 Å². The van der Waals surface area contributed by atoms with Crippen LogP contribution in [0.3, 0.4) is 0 Å². The van der Waals surface area contributed by atoms with Gasteiger partial charge >= 0.3 is 0 Å². The molecular formula is C12H21N3O. The molecule has 16 heavy (non-hydrogen) atoms. The van der Waals surface area contributed by atoms with Crippen LogP contribution in [0.15, 0.2) is 0 Å². The Kier molecular flexibility index (Phi) is 4.75. The highest BCUT2D eigenvalue weighted by Crippen LogP contribution is 2.17. The topological polar surface area (TPSA) is 47.3 Å². The van der Waals surface area contributed by atoms with Gasteiger partial charge in [-0.15, -0.1) is 0 Å². The second-order valence-electron chi connectivity index (χ2n) is 4.30. The van der Waals surface area contributed by atoms with E-state index in [1.165, 1.54) is 0 Å². The molecule has 1 aliphatic rings. The molecule has 4 heteroatoms. The summed E-state index contributed by atoms with van der Waals surface area (Å²) in [6.07, 6.45) is 1.03. The molecule has 0 aromatic heterocycles. The first-order chi connectivity index (χ1) is 7.63. The maximum Gasteiger partial charge on any atom is 0.239 e. The molecule has 1 rings (SSSR count). The van der Waals surface area contributed by atoms with E-state index in [0.29, 0.717) is 6.04 Å². The highest BCUT2D eigenvalue weighted by atomic mass is 16.2. The van der Waals surface area contributed by atoms with Crippen LogP contribution in [0.4, 0.5) is 0 Å². The third kappa shape index (κ3) is 2.73. The zero-order valence-electron chi connectivity index (χ0n) is 10.4. The summed E-state index contributed by atoms with van der Waals surface area (Å²) in [4.78, 5) is 16.0. The van der Waals surface area contributed by atoms with Gasteiger partial charge in [-0.25, -0.2) is 0 Å². The fourth-order valence-corrected chi connectivity index (χ4v) is 2.31. The Morgan fingerprint density at radius 3 is 2.69 bits per heavy atom. The van der Waals surface area contributed by atoms with Gasteiger partial charge in [0.05, 0.1) is 6.07 Å². The summed E-state index contributed by atoms with van der Waals surface area (Å²) < 4.78 is 0. The third-order valence-electron chi connectivity index (χ3n) is 3.37. The second kappa shape index (κ2) is 5.86. The highest BCUT2D eigenvalue weighted by Gasteiger charge is 2.30. The van der Waals surface area contributed by atoms with Gasteiger partial charge in [-0.2, -0.15) is 5.26 Å². The summed E-state index contributed by atoms with van der Waals surface area (Å²) >= 11 is 0. The van der Waals surface area contributed by atoms with E-state index in [2.05, 4.69) is 18.7 Å². The normalized spacial score (nSPS) is 22.2. The van der Waals surface area contributed by atoms with Crippen LogP contribution in [-0.2, 0) is 4.79 Å². The molecule has 1 aliphatic heterocycles. The maximum absolute atomic E-state index is 11.8. The van der Waals surface area contributed by atoms with Gasteiger partial charge in [0.2, 0.25) is 5.91 Å². The van der Waals surface area contributed by atoms with E-state index >= 15 is 0 Å². The smallest absolute Gasteiger partial charge is 0.239 e. The van der Waals surface area contributed by atoms with Crippen molar-refractivity contribution in [3.05, 3.63) is 0 Å². The first-order valence-corrected chi connectivity index (χ1v) is 6.06. The largest absolute Gasteiger partial charge is 0.340 e. The van der Waals surface area contributed by atoms with Crippen molar-refractivity contribution in [3.63, 3.8) is 0 Å². The molecule has 2 atom stereocenters. The molecular weight excluding hydrogens is 202 g/mol. The van der Waals surface area contributed by atoms with E-state index in [4.69, 9.17) is 5.26 Å². The van der Waals surface area contributed by atoms with Crippen LogP contribution in [0.25, 0.3) is 0 Å². The van der Waals surface area contributed by atoms with E-state index in [1.54, 1.807) is 6.92 Å². The molecule has 0 saturated carbocycles. The fraction of sp³-hybridized carbons (Fsp3) is 0.833. The van der Waals surface area contributed by atoms with Crippen molar-refractivity contribution in [3.8, 4) is 6.07 Å². The van der Waals surface area contributed by atoms with Crippen molar-refractivity contribution in [2.24, 2.45) is 5.92 Å². The number of nitrogens with zero attached hydrogens (tertiary/aromatic N) is 3. The predicted molar refractivity (Wildman–Crippen MR) is 62.7 cm³/mol. The molecule has 0 spiro atoms. The van der Waals surface area contributed by atoms with Gasteiger partial charge in [-0.3, -0.25) is 9.69 Å². The molecule has 1 saturated heterocycles. The summed E-state index contributed by atoms with van der Waals surface area (Å²) in [5, 5.41) is 8.73.